The molecule has 0 aromatic heterocycles. The van der Waals surface area contributed by atoms with Crippen molar-refractivity contribution in [3.63, 3.8) is 0 Å². The molecule has 0 heterocycles. The first-order valence-electron chi connectivity index (χ1n) is 11.8. The zero-order chi connectivity index (χ0) is 27.7. The van der Waals surface area contributed by atoms with Gasteiger partial charge in [0.25, 0.3) is 5.91 Å². The van der Waals surface area contributed by atoms with Gasteiger partial charge in [-0.1, -0.05) is 13.8 Å². The standard InChI is InChI=1S/C25H29F2N3O7/c1-8(2)29-7-11-17(27)16(26)10-5-9-6-12-18(30(3)4)21(33)15(24(28)36)23(35)25(12,37)22(34)13(9)20(32)14(10)19(11)31/h8-9,12,18,29,31,33-34,37H,5-7H2,1-4H3,(H2,28,36)/t9-,12-,18-,25-/m0/s1. The van der Waals surface area contributed by atoms with Crippen LogP contribution in [-0.2, 0) is 22.6 Å². The number of phenols is 1. The summed E-state index contributed by atoms with van der Waals surface area (Å²) in [5, 5.41) is 47.1. The lowest BCUT2D eigenvalue weighted by molar-refractivity contribution is -0.148. The molecule has 0 fully saturated rings. The highest BCUT2D eigenvalue weighted by Gasteiger charge is 2.63. The van der Waals surface area contributed by atoms with Gasteiger partial charge in [-0.05, 0) is 32.9 Å². The van der Waals surface area contributed by atoms with Crippen LogP contribution in [0.3, 0.4) is 0 Å². The maximum absolute atomic E-state index is 15.2. The summed E-state index contributed by atoms with van der Waals surface area (Å²) < 4.78 is 30.1. The number of phenolic OH excluding ortho intramolecular Hbond substituents is 1. The number of halogens is 2. The molecule has 1 aromatic carbocycles. The second-order valence-electron chi connectivity index (χ2n) is 10.3. The number of carbonyl (C=O) groups excluding carboxylic acids is 3. The number of carbonyl (C=O) groups is 3. The van der Waals surface area contributed by atoms with Crippen LogP contribution in [0, 0.1) is 23.5 Å². The second kappa shape index (κ2) is 8.89. The Morgan fingerprint density at radius 2 is 1.81 bits per heavy atom. The first kappa shape index (κ1) is 26.7. The number of aromatic hydroxyl groups is 1. The number of hydrogen-bond donors (Lipinski definition) is 6. The predicted octanol–water partition coefficient (Wildman–Crippen LogP) is 0.897. The van der Waals surface area contributed by atoms with Gasteiger partial charge in [-0.3, -0.25) is 19.3 Å². The first-order valence-corrected chi connectivity index (χ1v) is 11.8. The molecule has 0 radical (unpaired) electrons. The third kappa shape index (κ3) is 3.65. The molecule has 0 saturated heterocycles. The van der Waals surface area contributed by atoms with E-state index in [9.17, 15) is 39.2 Å². The van der Waals surface area contributed by atoms with E-state index >= 15 is 4.39 Å². The number of ketones is 2. The van der Waals surface area contributed by atoms with Crippen LogP contribution >= 0.6 is 0 Å². The lowest BCUT2D eigenvalue weighted by Gasteiger charge is -2.50. The van der Waals surface area contributed by atoms with Gasteiger partial charge in [0.2, 0.25) is 5.78 Å². The van der Waals surface area contributed by atoms with Crippen LogP contribution in [0.2, 0.25) is 0 Å². The van der Waals surface area contributed by atoms with Gasteiger partial charge in [-0.2, -0.15) is 0 Å². The molecular formula is C25H29F2N3O7. The third-order valence-corrected chi connectivity index (χ3v) is 7.55. The summed E-state index contributed by atoms with van der Waals surface area (Å²) in [4.78, 5) is 40.2. The van der Waals surface area contributed by atoms with Gasteiger partial charge < -0.3 is 31.5 Å². The zero-order valence-electron chi connectivity index (χ0n) is 20.7. The van der Waals surface area contributed by atoms with Crippen molar-refractivity contribution in [2.24, 2.45) is 17.6 Å². The van der Waals surface area contributed by atoms with E-state index in [0.29, 0.717) is 0 Å². The number of amides is 1. The topological polar surface area (TPSA) is 173 Å². The molecule has 3 aliphatic rings. The molecule has 0 spiro atoms. The fourth-order valence-corrected chi connectivity index (χ4v) is 5.83. The lowest BCUT2D eigenvalue weighted by Crippen LogP contribution is -2.63. The van der Waals surface area contributed by atoms with Crippen molar-refractivity contribution < 1.29 is 43.6 Å². The monoisotopic (exact) mass is 521 g/mol. The van der Waals surface area contributed by atoms with Crippen molar-refractivity contribution in [2.75, 3.05) is 14.1 Å². The van der Waals surface area contributed by atoms with Gasteiger partial charge in [0.15, 0.2) is 23.0 Å². The summed E-state index contributed by atoms with van der Waals surface area (Å²) in [5.74, 6) is -11.3. The highest BCUT2D eigenvalue weighted by atomic mass is 19.2. The van der Waals surface area contributed by atoms with E-state index in [2.05, 4.69) is 5.32 Å². The molecule has 37 heavy (non-hydrogen) atoms. The quantitative estimate of drug-likeness (QED) is 0.308. The van der Waals surface area contributed by atoms with Gasteiger partial charge >= 0.3 is 0 Å². The summed E-state index contributed by atoms with van der Waals surface area (Å²) in [6.07, 6.45) is -0.549. The molecule has 12 heteroatoms. The van der Waals surface area contributed by atoms with Crippen LogP contribution in [0.15, 0.2) is 22.7 Å². The number of Topliss-reactive ketones (excluding diaryl/α,β-unsaturated/α-hetero) is 2. The molecule has 1 amide bonds. The van der Waals surface area contributed by atoms with E-state index in [1.54, 1.807) is 13.8 Å². The third-order valence-electron chi connectivity index (χ3n) is 7.55. The van der Waals surface area contributed by atoms with Crippen molar-refractivity contribution in [3.8, 4) is 5.75 Å². The number of benzene rings is 1. The van der Waals surface area contributed by atoms with Gasteiger partial charge in [-0.15, -0.1) is 0 Å². The second-order valence-corrected chi connectivity index (χ2v) is 10.3. The van der Waals surface area contributed by atoms with Crippen molar-refractivity contribution in [2.45, 2.75) is 50.9 Å². The van der Waals surface area contributed by atoms with E-state index in [1.807, 2.05) is 0 Å². The number of likely N-dealkylation sites (N-methyl/N-ethyl adjacent to an activating group) is 1. The van der Waals surface area contributed by atoms with E-state index < -0.39 is 92.1 Å². The zero-order valence-corrected chi connectivity index (χ0v) is 20.7. The minimum absolute atomic E-state index is 0.153. The van der Waals surface area contributed by atoms with Gasteiger partial charge in [-0.25, -0.2) is 8.78 Å². The number of aliphatic hydroxyl groups excluding tert-OH is 2. The average molecular weight is 522 g/mol. The van der Waals surface area contributed by atoms with E-state index in [-0.39, 0.29) is 31.0 Å². The fourth-order valence-electron chi connectivity index (χ4n) is 5.83. The predicted molar refractivity (Wildman–Crippen MR) is 126 cm³/mol. The largest absolute Gasteiger partial charge is 0.510 e. The summed E-state index contributed by atoms with van der Waals surface area (Å²) in [7, 11) is 2.99. The Morgan fingerprint density at radius 1 is 1.19 bits per heavy atom. The first-order chi connectivity index (χ1) is 17.2. The SMILES string of the molecule is CC(C)NCc1c(O)c2c(c(F)c1F)C[C@H]1C[C@H]3[C@H](N(C)C)C(O)=C(C(N)=O)C(=O)[C@@]3(O)C(O)=C1C2=O. The lowest BCUT2D eigenvalue weighted by atomic mass is 9.58. The molecule has 4 rings (SSSR count). The van der Waals surface area contributed by atoms with Crippen molar-refractivity contribution in [1.29, 1.82) is 0 Å². The van der Waals surface area contributed by atoms with Crippen LogP contribution < -0.4 is 11.1 Å². The van der Waals surface area contributed by atoms with Crippen LogP contribution in [0.4, 0.5) is 8.78 Å². The molecule has 7 N–H and O–H groups in total. The Morgan fingerprint density at radius 3 is 2.35 bits per heavy atom. The number of nitrogens with one attached hydrogen (secondary N) is 1. The Labute approximate surface area is 211 Å². The summed E-state index contributed by atoms with van der Waals surface area (Å²) in [6.45, 7) is 3.20. The highest BCUT2D eigenvalue weighted by Crippen LogP contribution is 2.52. The van der Waals surface area contributed by atoms with Gasteiger partial charge in [0.1, 0.15) is 22.8 Å². The molecule has 0 aliphatic heterocycles. The molecule has 0 unspecified atom stereocenters. The number of rotatable bonds is 5. The Kier molecular flexibility index (Phi) is 6.42. The van der Waals surface area contributed by atoms with Gasteiger partial charge in [0, 0.05) is 35.2 Å². The molecule has 0 bridgehead atoms. The number of nitrogens with two attached hydrogens (primary N) is 1. The molecular weight excluding hydrogens is 492 g/mol. The minimum atomic E-state index is -2.80. The smallest absolute Gasteiger partial charge is 0.255 e. The average Bonchev–Trinajstić information content (AvgIpc) is 2.79. The van der Waals surface area contributed by atoms with E-state index in [0.717, 1.165) is 0 Å². The number of allylic oxidation sites excluding steroid dienone is 1. The molecule has 3 aliphatic carbocycles. The Balaban J connectivity index is 1.94. The van der Waals surface area contributed by atoms with Crippen LogP contribution in [0.5, 0.6) is 5.75 Å². The molecule has 4 atom stereocenters. The van der Waals surface area contributed by atoms with Crippen molar-refractivity contribution in [1.82, 2.24) is 10.2 Å². The van der Waals surface area contributed by atoms with Crippen LogP contribution in [0.1, 0.15) is 41.8 Å². The molecule has 10 nitrogen and oxygen atoms in total. The van der Waals surface area contributed by atoms with Crippen LogP contribution in [-0.4, -0.2) is 74.6 Å². The normalized spacial score (nSPS) is 27.5. The highest BCUT2D eigenvalue weighted by molar-refractivity contribution is 6.24. The van der Waals surface area contributed by atoms with E-state index in [4.69, 9.17) is 5.73 Å². The Hall–Kier alpha value is -3.35. The number of fused-ring (bicyclic) bond motifs is 3. The molecule has 200 valence electrons. The maximum Gasteiger partial charge on any atom is 0.255 e. The molecule has 0 saturated carbocycles. The minimum Gasteiger partial charge on any atom is -0.510 e. The van der Waals surface area contributed by atoms with Crippen LogP contribution in [0.25, 0.3) is 0 Å². The van der Waals surface area contributed by atoms with E-state index in [1.165, 1.54) is 19.0 Å². The van der Waals surface area contributed by atoms with Crippen molar-refractivity contribution >= 4 is 17.5 Å². The number of hydrogen-bond acceptors (Lipinski definition) is 9. The maximum atomic E-state index is 15.2. The summed E-state index contributed by atoms with van der Waals surface area (Å²) in [5.41, 5.74) is -0.316. The number of aliphatic hydroxyl groups is 3. The number of primary amides is 1. The number of nitrogens with zero attached hydrogens (tertiary/aromatic N) is 1. The summed E-state index contributed by atoms with van der Waals surface area (Å²) in [6, 6.07) is -1.33. The van der Waals surface area contributed by atoms with Crippen molar-refractivity contribution in [3.05, 3.63) is 51.0 Å². The summed E-state index contributed by atoms with van der Waals surface area (Å²) >= 11 is 0. The molecule has 1 aromatic rings. The fraction of sp³-hybridized carbons (Fsp3) is 0.480. The van der Waals surface area contributed by atoms with Gasteiger partial charge in [0.05, 0.1) is 11.6 Å². The Bertz CT molecular complexity index is 1300.